The summed E-state index contributed by atoms with van der Waals surface area (Å²) in [5.41, 5.74) is 1.99. The molecule has 0 fully saturated rings. The van der Waals surface area contributed by atoms with Gasteiger partial charge in [-0.25, -0.2) is 4.79 Å². The molecule has 2 aromatic rings. The Morgan fingerprint density at radius 1 is 1.50 bits per heavy atom. The minimum absolute atomic E-state index is 0.301. The van der Waals surface area contributed by atoms with Gasteiger partial charge in [0, 0.05) is 17.3 Å². The first kappa shape index (κ1) is 9.15. The molecule has 0 atom stereocenters. The normalized spacial score (nSPS) is 10.6. The molecule has 0 saturated heterocycles. The first-order valence-electron chi connectivity index (χ1n) is 4.17. The Morgan fingerprint density at radius 2 is 2.29 bits per heavy atom. The molecule has 0 aliphatic heterocycles. The number of benzene rings is 1. The van der Waals surface area contributed by atoms with Crippen molar-refractivity contribution in [2.24, 2.45) is 0 Å². The second kappa shape index (κ2) is 3.38. The van der Waals surface area contributed by atoms with E-state index in [9.17, 15) is 4.79 Å². The Labute approximate surface area is 86.2 Å². The highest BCUT2D eigenvalue weighted by Gasteiger charge is 2.10. The number of para-hydroxylation sites is 1. The Balaban J connectivity index is 2.76. The van der Waals surface area contributed by atoms with Crippen LogP contribution in [0.15, 0.2) is 24.4 Å². The van der Waals surface area contributed by atoms with Crippen LogP contribution in [0.4, 0.5) is 0 Å². The average Bonchev–Trinajstić information content (AvgIpc) is 2.59. The number of carboxylic acid groups (broad SMARTS) is 1. The topological polar surface area (TPSA) is 53.1 Å². The maximum atomic E-state index is 10.9. The third-order valence-electron chi connectivity index (χ3n) is 2.20. The lowest BCUT2D eigenvalue weighted by Gasteiger charge is -1.97. The Morgan fingerprint density at radius 3 is 2.93 bits per heavy atom. The van der Waals surface area contributed by atoms with Gasteiger partial charge in [-0.1, -0.05) is 12.1 Å². The lowest BCUT2D eigenvalue weighted by Crippen LogP contribution is -1.96. The average molecular weight is 207 g/mol. The molecule has 0 aliphatic carbocycles. The summed E-state index contributed by atoms with van der Waals surface area (Å²) < 4.78 is 0. The molecule has 3 nitrogen and oxygen atoms in total. The molecular weight excluding hydrogens is 198 g/mol. The van der Waals surface area contributed by atoms with Gasteiger partial charge < -0.3 is 10.1 Å². The van der Waals surface area contributed by atoms with Crippen LogP contribution in [-0.4, -0.2) is 16.1 Å². The third kappa shape index (κ3) is 1.28. The molecule has 0 spiro atoms. The zero-order valence-corrected chi connectivity index (χ0v) is 8.21. The van der Waals surface area contributed by atoms with E-state index in [-0.39, 0.29) is 0 Å². The molecule has 0 bridgehead atoms. The molecule has 0 radical (unpaired) electrons. The standard InChI is InChI=1S/C10H9NO2S/c12-10(13)8-3-1-2-7-6(5-14)4-11-9(7)8/h1-4,11,14H,5H2,(H,12,13). The second-order valence-corrected chi connectivity index (χ2v) is 3.32. The largest absolute Gasteiger partial charge is 0.478 e. The first-order chi connectivity index (χ1) is 6.74. The van der Waals surface area contributed by atoms with Gasteiger partial charge in [0.15, 0.2) is 0 Å². The van der Waals surface area contributed by atoms with Gasteiger partial charge in [-0.15, -0.1) is 0 Å². The highest BCUT2D eigenvalue weighted by atomic mass is 32.1. The maximum Gasteiger partial charge on any atom is 0.337 e. The van der Waals surface area contributed by atoms with Crippen molar-refractivity contribution in [3.8, 4) is 0 Å². The zero-order chi connectivity index (χ0) is 10.1. The summed E-state index contributed by atoms with van der Waals surface area (Å²) in [5, 5.41) is 9.86. The lowest BCUT2D eigenvalue weighted by molar-refractivity contribution is 0.0699. The van der Waals surface area contributed by atoms with Gasteiger partial charge in [0.25, 0.3) is 0 Å². The van der Waals surface area contributed by atoms with Crippen molar-refractivity contribution in [1.82, 2.24) is 4.98 Å². The third-order valence-corrected chi connectivity index (χ3v) is 2.54. The van der Waals surface area contributed by atoms with Gasteiger partial charge in [0.05, 0.1) is 11.1 Å². The van der Waals surface area contributed by atoms with Gasteiger partial charge in [0.2, 0.25) is 0 Å². The van der Waals surface area contributed by atoms with Gasteiger partial charge >= 0.3 is 5.97 Å². The van der Waals surface area contributed by atoms with Crippen molar-refractivity contribution in [2.75, 3.05) is 0 Å². The maximum absolute atomic E-state index is 10.9. The fraction of sp³-hybridized carbons (Fsp3) is 0.100. The summed E-state index contributed by atoms with van der Waals surface area (Å²) in [6.45, 7) is 0. The predicted molar refractivity (Wildman–Crippen MR) is 57.9 cm³/mol. The molecule has 14 heavy (non-hydrogen) atoms. The van der Waals surface area contributed by atoms with Crippen LogP contribution in [0.5, 0.6) is 0 Å². The number of carboxylic acids is 1. The van der Waals surface area contributed by atoms with E-state index < -0.39 is 5.97 Å². The van der Waals surface area contributed by atoms with E-state index in [4.69, 9.17) is 5.11 Å². The SMILES string of the molecule is O=C(O)c1cccc2c(CS)c[nH]c12. The second-order valence-electron chi connectivity index (χ2n) is 3.01. The van der Waals surface area contributed by atoms with E-state index in [1.165, 1.54) is 0 Å². The van der Waals surface area contributed by atoms with E-state index in [0.717, 1.165) is 10.9 Å². The highest BCUT2D eigenvalue weighted by Crippen LogP contribution is 2.22. The number of nitrogens with one attached hydrogen (secondary N) is 1. The zero-order valence-electron chi connectivity index (χ0n) is 7.32. The number of rotatable bonds is 2. The summed E-state index contributed by atoms with van der Waals surface area (Å²) in [5.74, 6) is -0.313. The van der Waals surface area contributed by atoms with Crippen molar-refractivity contribution in [3.63, 3.8) is 0 Å². The minimum Gasteiger partial charge on any atom is -0.478 e. The Hall–Kier alpha value is -1.42. The van der Waals surface area contributed by atoms with E-state index >= 15 is 0 Å². The molecule has 0 saturated carbocycles. The van der Waals surface area contributed by atoms with E-state index in [1.54, 1.807) is 18.3 Å². The van der Waals surface area contributed by atoms with Crippen molar-refractivity contribution in [2.45, 2.75) is 5.75 Å². The van der Waals surface area contributed by atoms with E-state index in [0.29, 0.717) is 16.8 Å². The molecule has 1 aromatic carbocycles. The fourth-order valence-corrected chi connectivity index (χ4v) is 1.78. The summed E-state index contributed by atoms with van der Waals surface area (Å²) in [6, 6.07) is 5.22. The smallest absolute Gasteiger partial charge is 0.337 e. The molecular formula is C10H9NO2S. The molecule has 0 unspecified atom stereocenters. The van der Waals surface area contributed by atoms with Gasteiger partial charge in [-0.3, -0.25) is 0 Å². The number of carbonyl (C=O) groups is 1. The van der Waals surface area contributed by atoms with Crippen molar-refractivity contribution < 1.29 is 9.90 Å². The highest BCUT2D eigenvalue weighted by molar-refractivity contribution is 7.79. The summed E-state index contributed by atoms with van der Waals surface area (Å²) >= 11 is 4.17. The summed E-state index contributed by atoms with van der Waals surface area (Å²) in [4.78, 5) is 13.8. The molecule has 4 heteroatoms. The number of hydrogen-bond donors (Lipinski definition) is 3. The number of aromatic carboxylic acids is 1. The van der Waals surface area contributed by atoms with Crippen LogP contribution in [0.2, 0.25) is 0 Å². The van der Waals surface area contributed by atoms with E-state index in [2.05, 4.69) is 17.6 Å². The first-order valence-corrected chi connectivity index (χ1v) is 4.80. The van der Waals surface area contributed by atoms with Gasteiger partial charge in [-0.05, 0) is 11.6 Å². The minimum atomic E-state index is -0.914. The number of thiol groups is 1. The number of aromatic amines is 1. The molecule has 0 amide bonds. The number of fused-ring (bicyclic) bond motifs is 1. The van der Waals surface area contributed by atoms with Crippen LogP contribution in [0.3, 0.4) is 0 Å². The predicted octanol–water partition coefficient (Wildman–Crippen LogP) is 2.30. The van der Waals surface area contributed by atoms with Crippen LogP contribution in [0, 0.1) is 0 Å². The number of H-pyrrole nitrogens is 1. The van der Waals surface area contributed by atoms with Crippen molar-refractivity contribution in [3.05, 3.63) is 35.5 Å². The Bertz CT molecular complexity index is 490. The molecule has 1 aromatic heterocycles. The van der Waals surface area contributed by atoms with Crippen molar-refractivity contribution in [1.29, 1.82) is 0 Å². The van der Waals surface area contributed by atoms with Crippen LogP contribution in [-0.2, 0) is 5.75 Å². The summed E-state index contributed by atoms with van der Waals surface area (Å²) in [7, 11) is 0. The van der Waals surface area contributed by atoms with Crippen LogP contribution in [0.25, 0.3) is 10.9 Å². The monoisotopic (exact) mass is 207 g/mol. The van der Waals surface area contributed by atoms with Crippen LogP contribution >= 0.6 is 12.6 Å². The molecule has 72 valence electrons. The Kier molecular flexibility index (Phi) is 2.21. The molecule has 2 N–H and O–H groups in total. The molecule has 2 rings (SSSR count). The van der Waals surface area contributed by atoms with E-state index in [1.807, 2.05) is 6.07 Å². The van der Waals surface area contributed by atoms with Crippen LogP contribution < -0.4 is 0 Å². The molecule has 0 aliphatic rings. The quantitative estimate of drug-likeness (QED) is 0.662. The van der Waals surface area contributed by atoms with Gasteiger partial charge in [0.1, 0.15) is 0 Å². The lowest BCUT2D eigenvalue weighted by atomic mass is 10.1. The van der Waals surface area contributed by atoms with Crippen LogP contribution in [0.1, 0.15) is 15.9 Å². The number of aromatic nitrogens is 1. The van der Waals surface area contributed by atoms with Gasteiger partial charge in [-0.2, -0.15) is 12.6 Å². The molecule has 1 heterocycles. The fourth-order valence-electron chi connectivity index (χ4n) is 1.52. The summed E-state index contributed by atoms with van der Waals surface area (Å²) in [6.07, 6.45) is 1.80. The van der Waals surface area contributed by atoms with Crippen molar-refractivity contribution >= 4 is 29.5 Å². The number of hydrogen-bond acceptors (Lipinski definition) is 2.